The molecule has 0 aromatic rings. The second kappa shape index (κ2) is 3.77. The van der Waals surface area contributed by atoms with Crippen molar-refractivity contribution in [2.24, 2.45) is 5.92 Å². The van der Waals surface area contributed by atoms with Crippen LogP contribution in [0.25, 0.3) is 0 Å². The summed E-state index contributed by atoms with van der Waals surface area (Å²) in [5.74, 6) is 0.543. The van der Waals surface area contributed by atoms with Gasteiger partial charge in [-0.1, -0.05) is 0 Å². The molecule has 4 heteroatoms. The van der Waals surface area contributed by atoms with Crippen LogP contribution in [0.15, 0.2) is 0 Å². The number of nitrogens with one attached hydrogen (secondary N) is 1. The van der Waals surface area contributed by atoms with Crippen LogP contribution < -0.4 is 5.32 Å². The summed E-state index contributed by atoms with van der Waals surface area (Å²) in [6, 6.07) is 0. The zero-order valence-corrected chi connectivity index (χ0v) is 8.54. The van der Waals surface area contributed by atoms with E-state index in [-0.39, 0.29) is 11.7 Å². The Kier molecular flexibility index (Phi) is 2.63. The van der Waals surface area contributed by atoms with Gasteiger partial charge >= 0.3 is 6.09 Å². The number of ether oxygens (including phenoxy) is 2. The summed E-state index contributed by atoms with van der Waals surface area (Å²) in [7, 11) is 0. The average Bonchev–Trinajstić information content (AvgIpc) is 2.47. The number of cyclic esters (lactones) is 1. The third-order valence-corrected chi connectivity index (χ3v) is 2.92. The van der Waals surface area contributed by atoms with Crippen molar-refractivity contribution in [2.75, 3.05) is 19.8 Å². The summed E-state index contributed by atoms with van der Waals surface area (Å²) in [4.78, 5) is 10.9. The lowest BCUT2D eigenvalue weighted by atomic mass is 9.88. The van der Waals surface area contributed by atoms with Gasteiger partial charge in [0.2, 0.25) is 0 Å². The highest BCUT2D eigenvalue weighted by atomic mass is 16.6. The normalized spacial score (nSPS) is 37.8. The van der Waals surface area contributed by atoms with E-state index in [2.05, 4.69) is 5.32 Å². The molecular formula is C10H17NO3. The molecule has 2 rings (SSSR count). The maximum atomic E-state index is 10.9. The van der Waals surface area contributed by atoms with Crippen LogP contribution in [0.5, 0.6) is 0 Å². The van der Waals surface area contributed by atoms with Gasteiger partial charge in [-0.2, -0.15) is 0 Å². The molecule has 0 aromatic heterocycles. The Morgan fingerprint density at radius 3 is 3.07 bits per heavy atom. The Bertz CT molecular complexity index is 225. The summed E-state index contributed by atoms with van der Waals surface area (Å²) in [6.07, 6.45) is 2.94. The Labute approximate surface area is 84.0 Å². The van der Waals surface area contributed by atoms with Gasteiger partial charge < -0.3 is 14.8 Å². The quantitative estimate of drug-likeness (QED) is 0.729. The molecule has 0 saturated carbocycles. The standard InChI is InChI=1S/C10H17NO3/c1-10(7-11-9(12)14-10)5-8-3-2-4-13-6-8/h8H,2-7H2,1H3,(H,11,12). The summed E-state index contributed by atoms with van der Waals surface area (Å²) in [6.45, 7) is 4.31. The first kappa shape index (κ1) is 9.77. The molecule has 0 aliphatic carbocycles. The van der Waals surface area contributed by atoms with E-state index in [1.54, 1.807) is 0 Å². The number of hydrogen-bond acceptors (Lipinski definition) is 3. The van der Waals surface area contributed by atoms with Gasteiger partial charge in [0.25, 0.3) is 0 Å². The molecule has 1 amide bonds. The molecule has 2 heterocycles. The average molecular weight is 199 g/mol. The predicted molar refractivity (Wildman–Crippen MR) is 51.0 cm³/mol. The van der Waals surface area contributed by atoms with Crippen molar-refractivity contribution in [3.8, 4) is 0 Å². The van der Waals surface area contributed by atoms with E-state index >= 15 is 0 Å². The van der Waals surface area contributed by atoms with E-state index < -0.39 is 0 Å². The van der Waals surface area contributed by atoms with E-state index in [0.717, 1.165) is 26.1 Å². The Morgan fingerprint density at radius 2 is 2.50 bits per heavy atom. The summed E-state index contributed by atoms with van der Waals surface area (Å²) < 4.78 is 10.6. The first-order chi connectivity index (χ1) is 6.68. The fourth-order valence-corrected chi connectivity index (χ4v) is 2.25. The Hall–Kier alpha value is -0.770. The van der Waals surface area contributed by atoms with Crippen molar-refractivity contribution in [3.05, 3.63) is 0 Å². The van der Waals surface area contributed by atoms with Crippen LogP contribution >= 0.6 is 0 Å². The molecule has 2 saturated heterocycles. The molecule has 2 aliphatic rings. The topological polar surface area (TPSA) is 47.6 Å². The van der Waals surface area contributed by atoms with Crippen molar-refractivity contribution in [1.82, 2.24) is 5.32 Å². The molecular weight excluding hydrogens is 182 g/mol. The number of hydrogen-bond donors (Lipinski definition) is 1. The zero-order chi connectivity index (χ0) is 10.0. The minimum absolute atomic E-state index is 0.288. The second-order valence-corrected chi connectivity index (χ2v) is 4.48. The fraction of sp³-hybridized carbons (Fsp3) is 0.900. The van der Waals surface area contributed by atoms with Crippen LogP contribution in [-0.4, -0.2) is 31.5 Å². The summed E-state index contributed by atoms with van der Waals surface area (Å²) in [5.41, 5.74) is -0.317. The van der Waals surface area contributed by atoms with Crippen molar-refractivity contribution < 1.29 is 14.3 Å². The maximum absolute atomic E-state index is 10.9. The minimum atomic E-state index is -0.317. The van der Waals surface area contributed by atoms with E-state index in [1.807, 2.05) is 6.92 Å². The van der Waals surface area contributed by atoms with E-state index in [9.17, 15) is 4.79 Å². The van der Waals surface area contributed by atoms with Gasteiger partial charge in [-0.25, -0.2) is 4.79 Å². The van der Waals surface area contributed by atoms with Gasteiger partial charge in [0.05, 0.1) is 6.54 Å². The van der Waals surface area contributed by atoms with Crippen LogP contribution in [0.3, 0.4) is 0 Å². The molecule has 0 radical (unpaired) electrons. The van der Waals surface area contributed by atoms with Gasteiger partial charge in [-0.05, 0) is 32.1 Å². The molecule has 2 atom stereocenters. The highest BCUT2D eigenvalue weighted by Crippen LogP contribution is 2.28. The molecule has 1 N–H and O–H groups in total. The van der Waals surface area contributed by atoms with Crippen LogP contribution in [-0.2, 0) is 9.47 Å². The summed E-state index contributed by atoms with van der Waals surface area (Å²) >= 11 is 0. The van der Waals surface area contributed by atoms with Gasteiger partial charge in [0.1, 0.15) is 5.60 Å². The van der Waals surface area contributed by atoms with Gasteiger partial charge in [-0.15, -0.1) is 0 Å². The van der Waals surface area contributed by atoms with Gasteiger partial charge in [0.15, 0.2) is 0 Å². The van der Waals surface area contributed by atoms with Crippen molar-refractivity contribution in [3.63, 3.8) is 0 Å². The highest BCUT2D eigenvalue weighted by Gasteiger charge is 2.37. The molecule has 4 nitrogen and oxygen atoms in total. The maximum Gasteiger partial charge on any atom is 0.407 e. The predicted octanol–water partition coefficient (Wildman–Crippen LogP) is 1.30. The van der Waals surface area contributed by atoms with Crippen LogP contribution in [0.1, 0.15) is 26.2 Å². The van der Waals surface area contributed by atoms with Crippen molar-refractivity contribution in [1.29, 1.82) is 0 Å². The van der Waals surface area contributed by atoms with Crippen LogP contribution in [0.4, 0.5) is 4.79 Å². The zero-order valence-electron chi connectivity index (χ0n) is 8.54. The minimum Gasteiger partial charge on any atom is -0.441 e. The summed E-state index contributed by atoms with van der Waals surface area (Å²) in [5, 5.41) is 2.70. The molecule has 2 fully saturated rings. The van der Waals surface area contributed by atoms with E-state index in [4.69, 9.17) is 9.47 Å². The van der Waals surface area contributed by atoms with E-state index in [0.29, 0.717) is 12.5 Å². The molecule has 0 aromatic carbocycles. The molecule has 14 heavy (non-hydrogen) atoms. The van der Waals surface area contributed by atoms with Crippen molar-refractivity contribution in [2.45, 2.75) is 31.8 Å². The third-order valence-electron chi connectivity index (χ3n) is 2.92. The van der Waals surface area contributed by atoms with E-state index in [1.165, 1.54) is 6.42 Å². The third kappa shape index (κ3) is 2.18. The number of carbonyl (C=O) groups excluding carboxylic acids is 1. The molecule has 0 bridgehead atoms. The number of rotatable bonds is 2. The second-order valence-electron chi connectivity index (χ2n) is 4.48. The lowest BCUT2D eigenvalue weighted by Gasteiger charge is -2.29. The molecule has 2 unspecified atom stereocenters. The van der Waals surface area contributed by atoms with Crippen LogP contribution in [0, 0.1) is 5.92 Å². The van der Waals surface area contributed by atoms with Crippen LogP contribution in [0.2, 0.25) is 0 Å². The number of carbonyl (C=O) groups is 1. The lowest BCUT2D eigenvalue weighted by molar-refractivity contribution is 0.00186. The highest BCUT2D eigenvalue weighted by molar-refractivity contribution is 5.70. The molecule has 2 aliphatic heterocycles. The lowest BCUT2D eigenvalue weighted by Crippen LogP contribution is -2.34. The monoisotopic (exact) mass is 199 g/mol. The van der Waals surface area contributed by atoms with Gasteiger partial charge in [0, 0.05) is 13.2 Å². The van der Waals surface area contributed by atoms with Gasteiger partial charge in [-0.3, -0.25) is 0 Å². The molecule has 80 valence electrons. The fourth-order valence-electron chi connectivity index (χ4n) is 2.25. The smallest absolute Gasteiger partial charge is 0.407 e. The number of amides is 1. The first-order valence-electron chi connectivity index (χ1n) is 5.23. The first-order valence-corrected chi connectivity index (χ1v) is 5.23. The molecule has 0 spiro atoms. The largest absolute Gasteiger partial charge is 0.441 e. The Morgan fingerprint density at radius 1 is 1.64 bits per heavy atom. The Balaban J connectivity index is 1.86. The SMILES string of the molecule is CC1(CC2CCCOC2)CNC(=O)O1. The van der Waals surface area contributed by atoms with Crippen molar-refractivity contribution >= 4 is 6.09 Å². The number of alkyl carbamates (subject to hydrolysis) is 1.